The molecule has 2 amide bonds. The molecule has 29 heavy (non-hydrogen) atoms. The van der Waals surface area contributed by atoms with E-state index in [1.165, 1.54) is 17.0 Å². The van der Waals surface area contributed by atoms with Crippen molar-refractivity contribution in [3.05, 3.63) is 65.2 Å². The second kappa shape index (κ2) is 8.77. The molecule has 0 aliphatic carbocycles. The summed E-state index contributed by atoms with van der Waals surface area (Å²) >= 11 is 0. The van der Waals surface area contributed by atoms with Gasteiger partial charge >= 0.3 is 0 Å². The van der Waals surface area contributed by atoms with Gasteiger partial charge in [-0.25, -0.2) is 4.39 Å². The summed E-state index contributed by atoms with van der Waals surface area (Å²) < 4.78 is 23.9. The van der Waals surface area contributed by atoms with Crippen LogP contribution in [0.2, 0.25) is 0 Å². The van der Waals surface area contributed by atoms with Gasteiger partial charge in [0.1, 0.15) is 17.1 Å². The van der Waals surface area contributed by atoms with Gasteiger partial charge < -0.3 is 19.4 Å². The van der Waals surface area contributed by atoms with Crippen LogP contribution in [0.25, 0.3) is 11.0 Å². The molecule has 0 aliphatic heterocycles. The van der Waals surface area contributed by atoms with Crippen molar-refractivity contribution in [2.75, 3.05) is 20.2 Å². The van der Waals surface area contributed by atoms with Crippen molar-refractivity contribution in [1.29, 1.82) is 0 Å². The normalized spacial score (nSPS) is 10.8. The first kappa shape index (κ1) is 20.4. The molecule has 0 radical (unpaired) electrons. The number of ether oxygens (including phenoxy) is 1. The van der Waals surface area contributed by atoms with Crippen LogP contribution in [0.1, 0.15) is 28.6 Å². The number of methoxy groups -OCH3 is 1. The molecular formula is C22H23FN2O4. The first-order valence-electron chi connectivity index (χ1n) is 9.30. The largest absolute Gasteiger partial charge is 0.497 e. The number of likely N-dealkylation sites (N-methyl/N-ethyl adjacent to an activating group) is 1. The molecule has 6 nitrogen and oxygen atoms in total. The Morgan fingerprint density at radius 2 is 1.90 bits per heavy atom. The van der Waals surface area contributed by atoms with Gasteiger partial charge in [-0.3, -0.25) is 9.59 Å². The highest BCUT2D eigenvalue weighted by atomic mass is 19.1. The molecule has 0 aliphatic rings. The van der Waals surface area contributed by atoms with E-state index >= 15 is 0 Å². The number of aryl methyl sites for hydroxylation is 1. The summed E-state index contributed by atoms with van der Waals surface area (Å²) in [6.45, 7) is 4.11. The molecule has 0 bridgehead atoms. The van der Waals surface area contributed by atoms with Crippen LogP contribution < -0.4 is 10.1 Å². The molecule has 0 fully saturated rings. The molecule has 1 aromatic heterocycles. The molecule has 0 saturated heterocycles. The van der Waals surface area contributed by atoms with Crippen LogP contribution in [-0.2, 0) is 11.3 Å². The number of nitrogens with one attached hydrogen (secondary N) is 1. The summed E-state index contributed by atoms with van der Waals surface area (Å²) in [6, 6.07) is 11.2. The molecule has 3 aromatic rings. The lowest BCUT2D eigenvalue weighted by atomic mass is 10.1. The summed E-state index contributed by atoms with van der Waals surface area (Å²) in [5, 5.41) is 3.54. The van der Waals surface area contributed by atoms with Crippen molar-refractivity contribution in [3.8, 4) is 5.75 Å². The summed E-state index contributed by atoms with van der Waals surface area (Å²) in [5.74, 6) is -0.104. The van der Waals surface area contributed by atoms with E-state index in [0.717, 1.165) is 10.9 Å². The topological polar surface area (TPSA) is 71.8 Å². The number of nitrogens with zero attached hydrogens (tertiary/aromatic N) is 1. The van der Waals surface area contributed by atoms with Gasteiger partial charge in [0.2, 0.25) is 5.91 Å². The molecule has 1 N–H and O–H groups in total. The number of amides is 2. The van der Waals surface area contributed by atoms with Crippen molar-refractivity contribution in [2.45, 2.75) is 20.4 Å². The highest BCUT2D eigenvalue weighted by molar-refractivity contribution is 6.00. The van der Waals surface area contributed by atoms with Crippen molar-refractivity contribution in [2.24, 2.45) is 0 Å². The molecule has 0 atom stereocenters. The van der Waals surface area contributed by atoms with Gasteiger partial charge in [-0.2, -0.15) is 0 Å². The Morgan fingerprint density at radius 3 is 2.55 bits per heavy atom. The SMILES string of the molecule is CCN(CC(=O)NCc1ccc(F)cc1)C(=O)c1oc2ccc(OC)cc2c1C. The van der Waals surface area contributed by atoms with Gasteiger partial charge in [0.25, 0.3) is 5.91 Å². The minimum atomic E-state index is -0.350. The minimum Gasteiger partial charge on any atom is -0.497 e. The number of fused-ring (bicyclic) bond motifs is 1. The maximum Gasteiger partial charge on any atom is 0.290 e. The van der Waals surface area contributed by atoms with E-state index in [2.05, 4.69) is 5.32 Å². The predicted octanol–water partition coefficient (Wildman–Crippen LogP) is 3.67. The Hall–Kier alpha value is -3.35. The highest BCUT2D eigenvalue weighted by Gasteiger charge is 2.24. The summed E-state index contributed by atoms with van der Waals surface area (Å²) in [5.41, 5.74) is 2.06. The Labute approximate surface area is 168 Å². The number of hydrogen-bond acceptors (Lipinski definition) is 4. The van der Waals surface area contributed by atoms with Crippen LogP contribution in [0.4, 0.5) is 4.39 Å². The van der Waals surface area contributed by atoms with Crippen LogP contribution in [0.3, 0.4) is 0 Å². The highest BCUT2D eigenvalue weighted by Crippen LogP contribution is 2.29. The third-order valence-corrected chi connectivity index (χ3v) is 4.74. The molecular weight excluding hydrogens is 375 g/mol. The fourth-order valence-electron chi connectivity index (χ4n) is 3.03. The van der Waals surface area contributed by atoms with Gasteiger partial charge in [0.15, 0.2) is 5.76 Å². The zero-order valence-electron chi connectivity index (χ0n) is 16.6. The van der Waals surface area contributed by atoms with E-state index in [-0.39, 0.29) is 36.5 Å². The molecule has 1 heterocycles. The Bertz CT molecular complexity index is 1030. The number of halogens is 1. The van der Waals surface area contributed by atoms with Crippen LogP contribution in [0, 0.1) is 12.7 Å². The van der Waals surface area contributed by atoms with E-state index in [9.17, 15) is 14.0 Å². The number of benzene rings is 2. The van der Waals surface area contributed by atoms with Gasteiger partial charge in [-0.15, -0.1) is 0 Å². The lowest BCUT2D eigenvalue weighted by Gasteiger charge is -2.19. The maximum absolute atomic E-state index is 13.0. The Balaban J connectivity index is 1.69. The second-order valence-corrected chi connectivity index (χ2v) is 6.64. The third-order valence-electron chi connectivity index (χ3n) is 4.74. The van der Waals surface area contributed by atoms with Gasteiger partial charge in [-0.05, 0) is 49.7 Å². The summed E-state index contributed by atoms with van der Waals surface area (Å²) in [6.07, 6.45) is 0. The molecule has 0 unspecified atom stereocenters. The van der Waals surface area contributed by atoms with Gasteiger partial charge in [0.05, 0.1) is 13.7 Å². The standard InChI is InChI=1S/C22H23FN2O4/c1-4-25(13-20(26)24-12-15-5-7-16(23)8-6-15)22(27)21-14(2)18-11-17(28-3)9-10-19(18)29-21/h5-11H,4,12-13H2,1-3H3,(H,24,26). The van der Waals surface area contributed by atoms with Crippen molar-refractivity contribution >= 4 is 22.8 Å². The van der Waals surface area contributed by atoms with Crippen LogP contribution in [0.5, 0.6) is 5.75 Å². The van der Waals surface area contributed by atoms with E-state index < -0.39 is 0 Å². The van der Waals surface area contributed by atoms with Gasteiger partial charge in [-0.1, -0.05) is 12.1 Å². The second-order valence-electron chi connectivity index (χ2n) is 6.64. The van der Waals surface area contributed by atoms with E-state index in [1.807, 2.05) is 6.07 Å². The number of carbonyl (C=O) groups excluding carboxylic acids is 2. The zero-order valence-corrected chi connectivity index (χ0v) is 16.6. The average molecular weight is 398 g/mol. The molecule has 152 valence electrons. The molecule has 7 heteroatoms. The zero-order chi connectivity index (χ0) is 21.0. The lowest BCUT2D eigenvalue weighted by Crippen LogP contribution is -2.40. The monoisotopic (exact) mass is 398 g/mol. The first-order valence-corrected chi connectivity index (χ1v) is 9.30. The summed E-state index contributed by atoms with van der Waals surface area (Å²) in [7, 11) is 1.58. The maximum atomic E-state index is 13.0. The lowest BCUT2D eigenvalue weighted by molar-refractivity contribution is -0.121. The van der Waals surface area contributed by atoms with Crippen molar-refractivity contribution in [3.63, 3.8) is 0 Å². The smallest absolute Gasteiger partial charge is 0.290 e. The number of furan rings is 1. The van der Waals surface area contributed by atoms with Crippen LogP contribution in [-0.4, -0.2) is 36.9 Å². The van der Waals surface area contributed by atoms with E-state index in [4.69, 9.17) is 9.15 Å². The van der Waals surface area contributed by atoms with Crippen LogP contribution in [0.15, 0.2) is 46.9 Å². The number of hydrogen-bond donors (Lipinski definition) is 1. The minimum absolute atomic E-state index is 0.101. The van der Waals surface area contributed by atoms with Crippen molar-refractivity contribution < 1.29 is 23.1 Å². The van der Waals surface area contributed by atoms with Gasteiger partial charge in [0, 0.05) is 24.0 Å². The van der Waals surface area contributed by atoms with Crippen LogP contribution >= 0.6 is 0 Å². The Morgan fingerprint density at radius 1 is 1.17 bits per heavy atom. The quantitative estimate of drug-likeness (QED) is 0.659. The average Bonchev–Trinajstić information content (AvgIpc) is 3.07. The molecule has 0 saturated carbocycles. The third kappa shape index (κ3) is 4.56. The number of carbonyl (C=O) groups is 2. The molecule has 0 spiro atoms. The number of rotatable bonds is 7. The Kier molecular flexibility index (Phi) is 6.16. The molecule has 2 aromatic carbocycles. The fraction of sp³-hybridized carbons (Fsp3) is 0.273. The predicted molar refractivity (Wildman–Crippen MR) is 107 cm³/mol. The first-order chi connectivity index (χ1) is 13.9. The van der Waals surface area contributed by atoms with Crippen molar-refractivity contribution in [1.82, 2.24) is 10.2 Å². The van der Waals surface area contributed by atoms with E-state index in [1.54, 1.807) is 45.2 Å². The van der Waals surface area contributed by atoms with E-state index in [0.29, 0.717) is 23.4 Å². The summed E-state index contributed by atoms with van der Waals surface area (Å²) in [4.78, 5) is 26.7. The molecule has 3 rings (SSSR count). The fourth-order valence-corrected chi connectivity index (χ4v) is 3.03.